The molecule has 2 aliphatic rings. The lowest BCUT2D eigenvalue weighted by molar-refractivity contribution is -0.917. The van der Waals surface area contributed by atoms with E-state index in [-0.39, 0.29) is 11.9 Å². The highest BCUT2D eigenvalue weighted by Crippen LogP contribution is 2.22. The fourth-order valence-corrected chi connectivity index (χ4v) is 5.14. The molecule has 2 aromatic rings. The van der Waals surface area contributed by atoms with E-state index in [1.165, 1.54) is 0 Å². The quantitative estimate of drug-likeness (QED) is 0.779. The van der Waals surface area contributed by atoms with Crippen LogP contribution in [-0.2, 0) is 14.8 Å². The average Bonchev–Trinajstić information content (AvgIpc) is 3.51. The van der Waals surface area contributed by atoms with Gasteiger partial charge in [-0.1, -0.05) is 30.3 Å². The Hall–Kier alpha value is -1.96. The molecule has 2 fully saturated rings. The molecule has 1 atom stereocenters. The molecular formula is C20H26N3O3S+. The normalized spacial score (nSPS) is 20.5. The molecule has 6 nitrogen and oxygen atoms in total. The highest BCUT2D eigenvalue weighted by Gasteiger charge is 2.36. The van der Waals surface area contributed by atoms with Crippen molar-refractivity contribution in [2.75, 3.05) is 26.2 Å². The van der Waals surface area contributed by atoms with Gasteiger partial charge in [-0.25, -0.2) is 8.42 Å². The van der Waals surface area contributed by atoms with Crippen molar-refractivity contribution in [2.45, 2.75) is 36.7 Å². The minimum absolute atomic E-state index is 0.0818. The summed E-state index contributed by atoms with van der Waals surface area (Å²) in [5.74, 6) is 0.0818. The van der Waals surface area contributed by atoms with E-state index in [4.69, 9.17) is 0 Å². The Balaban J connectivity index is 1.43. The minimum atomic E-state index is -3.51. The van der Waals surface area contributed by atoms with Gasteiger partial charge in [0.1, 0.15) is 0 Å². The number of quaternary nitrogens is 1. The van der Waals surface area contributed by atoms with Crippen LogP contribution in [0.4, 0.5) is 0 Å². The summed E-state index contributed by atoms with van der Waals surface area (Å²) in [6.45, 7) is 4.09. The number of carbonyl (C=O) groups is 1. The highest BCUT2D eigenvalue weighted by molar-refractivity contribution is 7.89. The Morgan fingerprint density at radius 1 is 1.11 bits per heavy atom. The van der Waals surface area contributed by atoms with Crippen LogP contribution in [0, 0.1) is 0 Å². The summed E-state index contributed by atoms with van der Waals surface area (Å²) in [7, 11) is -3.51. The van der Waals surface area contributed by atoms with Gasteiger partial charge in [-0.05, 0) is 42.7 Å². The first-order valence-corrected chi connectivity index (χ1v) is 11.0. The lowest BCUT2D eigenvalue weighted by Crippen LogP contribution is -3.19. The molecule has 1 saturated carbocycles. The Labute approximate surface area is 160 Å². The Morgan fingerprint density at radius 2 is 1.78 bits per heavy atom. The molecule has 1 aliphatic carbocycles. The molecule has 0 spiro atoms. The van der Waals surface area contributed by atoms with Crippen LogP contribution < -0.4 is 10.2 Å². The number of benzene rings is 2. The van der Waals surface area contributed by atoms with Crippen molar-refractivity contribution in [3.05, 3.63) is 42.5 Å². The Kier molecular flexibility index (Phi) is 4.92. The maximum atomic E-state index is 13.0. The first-order chi connectivity index (χ1) is 12.9. The van der Waals surface area contributed by atoms with E-state index in [0.29, 0.717) is 37.1 Å². The number of rotatable bonds is 5. The van der Waals surface area contributed by atoms with E-state index < -0.39 is 10.0 Å². The molecule has 0 unspecified atom stereocenters. The van der Waals surface area contributed by atoms with Gasteiger partial charge in [-0.3, -0.25) is 4.79 Å². The van der Waals surface area contributed by atoms with E-state index in [0.717, 1.165) is 28.5 Å². The standard InChI is InChI=1S/C20H25N3O3S/c1-15(20(24)21-18-7-8-18)22-10-12-23(13-11-22)27(25,26)19-9-6-16-4-2-3-5-17(16)14-19/h2-6,9,14-15,18H,7-8,10-13H2,1H3,(H,21,24)/p+1/t15-/m1/s1. The maximum absolute atomic E-state index is 13.0. The van der Waals surface area contributed by atoms with Crippen LogP contribution >= 0.6 is 0 Å². The summed E-state index contributed by atoms with van der Waals surface area (Å²) >= 11 is 0. The van der Waals surface area contributed by atoms with Crippen LogP contribution in [-0.4, -0.2) is 56.9 Å². The summed E-state index contributed by atoms with van der Waals surface area (Å²) in [6.07, 6.45) is 2.15. The molecule has 2 N–H and O–H groups in total. The molecule has 144 valence electrons. The smallest absolute Gasteiger partial charge is 0.278 e. The third-order valence-corrected chi connectivity index (χ3v) is 7.55. The van der Waals surface area contributed by atoms with Gasteiger partial charge in [-0.2, -0.15) is 4.31 Å². The molecule has 1 saturated heterocycles. The van der Waals surface area contributed by atoms with Crippen molar-refractivity contribution in [2.24, 2.45) is 0 Å². The molecule has 4 rings (SSSR count). The molecule has 0 radical (unpaired) electrons. The van der Waals surface area contributed by atoms with Crippen LogP contribution in [0.2, 0.25) is 0 Å². The number of hydrogen-bond acceptors (Lipinski definition) is 3. The van der Waals surface area contributed by atoms with Gasteiger partial charge in [0.05, 0.1) is 31.1 Å². The second-order valence-corrected chi connectivity index (χ2v) is 9.51. The minimum Gasteiger partial charge on any atom is -0.348 e. The van der Waals surface area contributed by atoms with Crippen LogP contribution in [0.3, 0.4) is 0 Å². The number of nitrogens with one attached hydrogen (secondary N) is 2. The molecule has 7 heteroatoms. The molecule has 1 aliphatic heterocycles. The van der Waals surface area contributed by atoms with Gasteiger partial charge in [0.25, 0.3) is 5.91 Å². The van der Waals surface area contributed by atoms with Crippen molar-refractivity contribution in [3.63, 3.8) is 0 Å². The fourth-order valence-electron chi connectivity index (χ4n) is 3.66. The van der Waals surface area contributed by atoms with Crippen LogP contribution in [0.15, 0.2) is 47.4 Å². The van der Waals surface area contributed by atoms with E-state index in [1.807, 2.05) is 37.3 Å². The van der Waals surface area contributed by atoms with Gasteiger partial charge in [0.2, 0.25) is 10.0 Å². The SMILES string of the molecule is C[C@H](C(=O)NC1CC1)[NH+]1CCN(S(=O)(=O)c2ccc3ccccc3c2)CC1. The number of carbonyl (C=O) groups excluding carboxylic acids is 1. The van der Waals surface area contributed by atoms with E-state index in [9.17, 15) is 13.2 Å². The molecule has 0 aromatic heterocycles. The summed E-state index contributed by atoms with van der Waals surface area (Å²) in [5.41, 5.74) is 0. The van der Waals surface area contributed by atoms with Crippen LogP contribution in [0.5, 0.6) is 0 Å². The largest absolute Gasteiger partial charge is 0.348 e. The second kappa shape index (κ2) is 7.22. The Bertz CT molecular complexity index is 948. The third-order valence-electron chi connectivity index (χ3n) is 5.65. The van der Waals surface area contributed by atoms with Gasteiger partial charge >= 0.3 is 0 Å². The van der Waals surface area contributed by atoms with Crippen molar-refractivity contribution >= 4 is 26.7 Å². The van der Waals surface area contributed by atoms with E-state index >= 15 is 0 Å². The summed E-state index contributed by atoms with van der Waals surface area (Å²) in [5, 5.41) is 5.00. The van der Waals surface area contributed by atoms with Crippen LogP contribution in [0.25, 0.3) is 10.8 Å². The first kappa shape index (κ1) is 18.4. The number of fused-ring (bicyclic) bond motifs is 1. The van der Waals surface area contributed by atoms with Crippen LogP contribution in [0.1, 0.15) is 19.8 Å². The van der Waals surface area contributed by atoms with Crippen molar-refractivity contribution in [1.82, 2.24) is 9.62 Å². The lowest BCUT2D eigenvalue weighted by atomic mass is 10.1. The van der Waals surface area contributed by atoms with E-state index in [1.54, 1.807) is 16.4 Å². The van der Waals surface area contributed by atoms with Crippen molar-refractivity contribution in [1.29, 1.82) is 0 Å². The predicted octanol–water partition coefficient (Wildman–Crippen LogP) is 0.396. The van der Waals surface area contributed by atoms with Gasteiger partial charge in [0, 0.05) is 6.04 Å². The summed E-state index contributed by atoms with van der Waals surface area (Å²) in [4.78, 5) is 13.7. The summed E-state index contributed by atoms with van der Waals surface area (Å²) < 4.78 is 27.6. The predicted molar refractivity (Wildman–Crippen MR) is 104 cm³/mol. The Morgan fingerprint density at radius 3 is 2.44 bits per heavy atom. The highest BCUT2D eigenvalue weighted by atomic mass is 32.2. The average molecular weight is 389 g/mol. The number of nitrogens with zero attached hydrogens (tertiary/aromatic N) is 1. The van der Waals surface area contributed by atoms with Crippen molar-refractivity contribution in [3.8, 4) is 0 Å². The van der Waals surface area contributed by atoms with Gasteiger partial charge < -0.3 is 10.2 Å². The zero-order chi connectivity index (χ0) is 19.0. The first-order valence-electron chi connectivity index (χ1n) is 9.59. The number of amides is 1. The molecule has 1 amide bonds. The number of piperazine rings is 1. The topological polar surface area (TPSA) is 70.9 Å². The number of sulfonamides is 1. The fraction of sp³-hybridized carbons (Fsp3) is 0.450. The zero-order valence-electron chi connectivity index (χ0n) is 15.5. The summed E-state index contributed by atoms with van der Waals surface area (Å²) in [6, 6.07) is 13.3. The van der Waals surface area contributed by atoms with Gasteiger partial charge in [-0.15, -0.1) is 0 Å². The zero-order valence-corrected chi connectivity index (χ0v) is 16.3. The molecular weight excluding hydrogens is 362 g/mol. The number of hydrogen-bond donors (Lipinski definition) is 2. The molecule has 2 aromatic carbocycles. The second-order valence-electron chi connectivity index (χ2n) is 7.58. The molecule has 1 heterocycles. The van der Waals surface area contributed by atoms with Crippen molar-refractivity contribution < 1.29 is 18.1 Å². The monoisotopic (exact) mass is 388 g/mol. The lowest BCUT2D eigenvalue weighted by Gasteiger charge is -2.34. The van der Waals surface area contributed by atoms with E-state index in [2.05, 4.69) is 5.32 Å². The molecule has 0 bridgehead atoms. The molecule has 27 heavy (non-hydrogen) atoms. The van der Waals surface area contributed by atoms with Gasteiger partial charge in [0.15, 0.2) is 6.04 Å². The third kappa shape index (κ3) is 3.85. The maximum Gasteiger partial charge on any atom is 0.278 e.